The molecule has 0 aliphatic carbocycles. The van der Waals surface area contributed by atoms with E-state index in [2.05, 4.69) is 5.32 Å². The Morgan fingerprint density at radius 2 is 1.79 bits per heavy atom. The van der Waals surface area contributed by atoms with Crippen LogP contribution in [0.5, 0.6) is 11.5 Å². The van der Waals surface area contributed by atoms with Gasteiger partial charge in [0.15, 0.2) is 23.1 Å². The van der Waals surface area contributed by atoms with Gasteiger partial charge in [-0.15, -0.1) is 0 Å². The van der Waals surface area contributed by atoms with Gasteiger partial charge in [0, 0.05) is 36.6 Å². The number of benzene rings is 2. The third-order valence-corrected chi connectivity index (χ3v) is 4.47. The Bertz CT molecular complexity index is 937. The van der Waals surface area contributed by atoms with Crippen LogP contribution < -0.4 is 19.7 Å². The van der Waals surface area contributed by atoms with Crippen molar-refractivity contribution < 1.29 is 27.8 Å². The lowest BCUT2D eigenvalue weighted by molar-refractivity contribution is -0.116. The zero-order valence-corrected chi connectivity index (χ0v) is 14.8. The minimum Gasteiger partial charge on any atom is -0.486 e. The molecule has 3 amide bonds. The molecule has 28 heavy (non-hydrogen) atoms. The molecule has 2 aromatic rings. The summed E-state index contributed by atoms with van der Waals surface area (Å²) >= 11 is 0. The average molecular weight is 389 g/mol. The molecular formula is C19H17F2N3O4. The first-order valence-corrected chi connectivity index (χ1v) is 8.72. The molecule has 1 N–H and O–H groups in total. The molecule has 2 aliphatic heterocycles. The van der Waals surface area contributed by atoms with Crippen molar-refractivity contribution in [2.24, 2.45) is 0 Å². The third kappa shape index (κ3) is 3.55. The standard InChI is InChI=1S/C19H17F2N3O4/c20-14-3-1-12(9-15(14)21)22-18(25)11-23-5-6-24(19(23)26)13-2-4-16-17(10-13)28-8-7-27-16/h1-4,9-10H,5-8,11H2,(H,22,25). The zero-order valence-electron chi connectivity index (χ0n) is 14.8. The summed E-state index contributed by atoms with van der Waals surface area (Å²) < 4.78 is 37.2. The van der Waals surface area contributed by atoms with E-state index in [4.69, 9.17) is 9.47 Å². The van der Waals surface area contributed by atoms with Crippen molar-refractivity contribution >= 4 is 23.3 Å². The summed E-state index contributed by atoms with van der Waals surface area (Å²) in [6.45, 7) is 1.50. The monoisotopic (exact) mass is 389 g/mol. The summed E-state index contributed by atoms with van der Waals surface area (Å²) in [6, 6.07) is 7.99. The topological polar surface area (TPSA) is 71.1 Å². The lowest BCUT2D eigenvalue weighted by atomic mass is 10.2. The van der Waals surface area contributed by atoms with Crippen LogP contribution in [0.4, 0.5) is 25.0 Å². The van der Waals surface area contributed by atoms with Crippen molar-refractivity contribution in [1.82, 2.24) is 4.90 Å². The lowest BCUT2D eigenvalue weighted by Crippen LogP contribution is -2.37. The largest absolute Gasteiger partial charge is 0.486 e. The molecule has 7 nitrogen and oxygen atoms in total. The average Bonchev–Trinajstić information content (AvgIpc) is 3.04. The minimum atomic E-state index is -1.06. The molecule has 0 saturated carbocycles. The van der Waals surface area contributed by atoms with Gasteiger partial charge in [0.1, 0.15) is 19.8 Å². The highest BCUT2D eigenvalue weighted by Crippen LogP contribution is 2.35. The van der Waals surface area contributed by atoms with Crippen molar-refractivity contribution in [3.8, 4) is 11.5 Å². The van der Waals surface area contributed by atoms with E-state index in [0.717, 1.165) is 12.1 Å². The Morgan fingerprint density at radius 1 is 1.00 bits per heavy atom. The quantitative estimate of drug-likeness (QED) is 0.873. The van der Waals surface area contributed by atoms with Crippen LogP contribution in [0.1, 0.15) is 0 Å². The van der Waals surface area contributed by atoms with E-state index in [1.807, 2.05) is 0 Å². The van der Waals surface area contributed by atoms with Crippen molar-refractivity contribution in [3.63, 3.8) is 0 Å². The van der Waals surface area contributed by atoms with Gasteiger partial charge >= 0.3 is 6.03 Å². The molecule has 1 fully saturated rings. The first-order valence-electron chi connectivity index (χ1n) is 8.72. The number of rotatable bonds is 4. The molecule has 0 spiro atoms. The van der Waals surface area contributed by atoms with Crippen molar-refractivity contribution in [2.45, 2.75) is 0 Å². The van der Waals surface area contributed by atoms with Crippen molar-refractivity contribution in [2.75, 3.05) is 43.1 Å². The molecule has 0 atom stereocenters. The van der Waals surface area contributed by atoms with Gasteiger partial charge in [-0.1, -0.05) is 0 Å². The van der Waals surface area contributed by atoms with Gasteiger partial charge < -0.3 is 19.7 Å². The number of hydrogen-bond donors (Lipinski definition) is 1. The van der Waals surface area contributed by atoms with E-state index in [1.165, 1.54) is 11.0 Å². The Balaban J connectivity index is 1.40. The molecule has 0 unspecified atom stereocenters. The van der Waals surface area contributed by atoms with Crippen LogP contribution in [0.3, 0.4) is 0 Å². The number of nitrogens with zero attached hydrogens (tertiary/aromatic N) is 2. The smallest absolute Gasteiger partial charge is 0.325 e. The maximum atomic E-state index is 13.2. The van der Waals surface area contributed by atoms with Gasteiger partial charge in [-0.2, -0.15) is 0 Å². The van der Waals surface area contributed by atoms with Gasteiger partial charge in [0.2, 0.25) is 5.91 Å². The second-order valence-electron chi connectivity index (χ2n) is 6.36. The second-order valence-corrected chi connectivity index (χ2v) is 6.36. The number of fused-ring (bicyclic) bond motifs is 1. The fourth-order valence-corrected chi connectivity index (χ4v) is 3.12. The first-order chi connectivity index (χ1) is 13.5. The number of anilines is 2. The van der Waals surface area contributed by atoms with Crippen molar-refractivity contribution in [1.29, 1.82) is 0 Å². The highest BCUT2D eigenvalue weighted by molar-refractivity contribution is 5.99. The number of carbonyl (C=O) groups excluding carboxylic acids is 2. The molecule has 4 rings (SSSR count). The summed E-state index contributed by atoms with van der Waals surface area (Å²) in [5.41, 5.74) is 0.775. The third-order valence-electron chi connectivity index (χ3n) is 4.47. The van der Waals surface area contributed by atoms with Crippen LogP contribution in [0.25, 0.3) is 0 Å². The van der Waals surface area contributed by atoms with E-state index in [9.17, 15) is 18.4 Å². The number of amides is 3. The number of carbonyl (C=O) groups is 2. The summed E-state index contributed by atoms with van der Waals surface area (Å²) in [5, 5.41) is 2.46. The van der Waals surface area contributed by atoms with Crippen LogP contribution in [0.15, 0.2) is 36.4 Å². The van der Waals surface area contributed by atoms with E-state index in [1.54, 1.807) is 23.1 Å². The Labute approximate surface area is 159 Å². The number of nitrogens with one attached hydrogen (secondary N) is 1. The van der Waals surface area contributed by atoms with Crippen LogP contribution in [0.2, 0.25) is 0 Å². The van der Waals surface area contributed by atoms with E-state index < -0.39 is 17.5 Å². The van der Waals surface area contributed by atoms with Crippen LogP contribution in [-0.2, 0) is 4.79 Å². The van der Waals surface area contributed by atoms with Crippen molar-refractivity contribution in [3.05, 3.63) is 48.0 Å². The molecule has 9 heteroatoms. The number of halogens is 2. The predicted molar refractivity (Wildman–Crippen MR) is 96.7 cm³/mol. The zero-order chi connectivity index (χ0) is 19.7. The van der Waals surface area contributed by atoms with Gasteiger partial charge in [0.25, 0.3) is 0 Å². The molecular weight excluding hydrogens is 372 g/mol. The van der Waals surface area contributed by atoms with Crippen LogP contribution in [-0.4, -0.2) is 49.7 Å². The molecule has 0 aromatic heterocycles. The SMILES string of the molecule is O=C(CN1CCN(c2ccc3c(c2)OCCO3)C1=O)Nc1ccc(F)c(F)c1. The maximum absolute atomic E-state index is 13.2. The lowest BCUT2D eigenvalue weighted by Gasteiger charge is -2.22. The van der Waals surface area contributed by atoms with Gasteiger partial charge in [0.05, 0.1) is 0 Å². The summed E-state index contributed by atoms with van der Waals surface area (Å²) in [6.07, 6.45) is 0. The van der Waals surface area contributed by atoms with Gasteiger partial charge in [-0.3, -0.25) is 9.69 Å². The number of ether oxygens (including phenoxy) is 2. The minimum absolute atomic E-state index is 0.124. The summed E-state index contributed by atoms with van der Waals surface area (Å²) in [7, 11) is 0. The normalized spacial score (nSPS) is 15.7. The molecule has 2 aromatic carbocycles. The van der Waals surface area contributed by atoms with Gasteiger partial charge in [-0.25, -0.2) is 13.6 Å². The number of urea groups is 1. The highest BCUT2D eigenvalue weighted by Gasteiger charge is 2.31. The molecule has 146 valence electrons. The Morgan fingerprint density at radius 3 is 2.57 bits per heavy atom. The highest BCUT2D eigenvalue weighted by atomic mass is 19.2. The molecule has 1 saturated heterocycles. The summed E-state index contributed by atoms with van der Waals surface area (Å²) in [4.78, 5) is 27.7. The number of hydrogen-bond acceptors (Lipinski definition) is 4. The fourth-order valence-electron chi connectivity index (χ4n) is 3.12. The fraction of sp³-hybridized carbons (Fsp3) is 0.263. The van der Waals surface area contributed by atoms with E-state index >= 15 is 0 Å². The Kier molecular flexibility index (Phi) is 4.72. The van der Waals surface area contributed by atoms with E-state index in [0.29, 0.717) is 43.5 Å². The summed E-state index contributed by atoms with van der Waals surface area (Å²) in [5.74, 6) is -1.35. The maximum Gasteiger partial charge on any atom is 0.325 e. The van der Waals surface area contributed by atoms with Crippen LogP contribution in [0, 0.1) is 11.6 Å². The predicted octanol–water partition coefficient (Wildman–Crippen LogP) is 2.62. The first kappa shape index (κ1) is 18.0. The van der Waals surface area contributed by atoms with Gasteiger partial charge in [-0.05, 0) is 24.3 Å². The second kappa shape index (κ2) is 7.34. The van der Waals surface area contributed by atoms with Crippen LogP contribution >= 0.6 is 0 Å². The molecule has 0 radical (unpaired) electrons. The van der Waals surface area contributed by atoms with E-state index in [-0.39, 0.29) is 18.3 Å². The molecule has 0 bridgehead atoms. The molecule has 2 aliphatic rings. The Hall–Kier alpha value is -3.36. The molecule has 2 heterocycles.